The summed E-state index contributed by atoms with van der Waals surface area (Å²) in [6, 6.07) is 0. The van der Waals surface area contributed by atoms with Crippen LogP contribution in [-0.4, -0.2) is 84.9 Å². The van der Waals surface area contributed by atoms with E-state index in [-0.39, 0.29) is 36.8 Å². The van der Waals surface area contributed by atoms with Crippen LogP contribution >= 0.6 is 0 Å². The molecule has 2 atom stereocenters. The van der Waals surface area contributed by atoms with E-state index >= 15 is 0 Å². The van der Waals surface area contributed by atoms with Crippen LogP contribution in [0.4, 0.5) is 0 Å². The normalized spacial score (nSPS) is 18.3. The summed E-state index contributed by atoms with van der Waals surface area (Å²) in [4.78, 5) is 72.8. The van der Waals surface area contributed by atoms with Crippen LogP contribution in [0, 0.1) is 11.8 Å². The first-order valence-corrected chi connectivity index (χ1v) is 14.9. The van der Waals surface area contributed by atoms with Crippen molar-refractivity contribution in [3.8, 4) is 0 Å². The lowest BCUT2D eigenvalue weighted by atomic mass is 10.1. The highest BCUT2D eigenvalue weighted by Crippen LogP contribution is 2.20. The molecule has 2 saturated heterocycles. The quantitative estimate of drug-likeness (QED) is 0.0906. The molecule has 0 aromatic carbocycles. The minimum Gasteiger partial charge on any atom is -0.465 e. The molecule has 2 aliphatic heterocycles. The molecular weight excluding hydrogens is 570 g/mol. The van der Waals surface area contributed by atoms with E-state index in [1.807, 2.05) is 0 Å². The number of allylic oxidation sites excluding steroid dienone is 2. The molecule has 2 rings (SSSR count). The van der Waals surface area contributed by atoms with Crippen molar-refractivity contribution in [2.75, 3.05) is 39.5 Å². The van der Waals surface area contributed by atoms with Crippen LogP contribution in [-0.2, 0) is 43.0 Å². The first-order chi connectivity index (χ1) is 21.0. The second-order valence-electron chi connectivity index (χ2n) is 10.2. The molecule has 3 amide bonds. The largest absolute Gasteiger partial charge is 0.465 e. The van der Waals surface area contributed by atoms with Crippen LogP contribution < -0.4 is 5.32 Å². The Hall–Kier alpha value is -4.22. The third-order valence-electron chi connectivity index (χ3n) is 7.18. The van der Waals surface area contributed by atoms with Gasteiger partial charge < -0.3 is 29.3 Å². The number of nitrogens with one attached hydrogen (secondary N) is 1. The molecule has 12 nitrogen and oxygen atoms in total. The van der Waals surface area contributed by atoms with Gasteiger partial charge in [0.15, 0.2) is 0 Å². The van der Waals surface area contributed by atoms with Gasteiger partial charge in [-0.25, -0.2) is 9.59 Å². The van der Waals surface area contributed by atoms with Crippen molar-refractivity contribution in [3.05, 3.63) is 48.9 Å². The molecule has 0 aliphatic carbocycles. The number of nitrogens with zero attached hydrogens (tertiary/aromatic N) is 2. The SMILES string of the molecule is C=CN1CCC(C(=O)NCCOC(=O)/C(C)=C\C)C1=O.C=CN1CCC(C(=O)OCCCCCCOC(=O)/C(C)=C\C)C1=O. The number of carbonyl (C=O) groups excluding carboxylic acids is 6. The predicted octanol–water partition coefficient (Wildman–Crippen LogP) is 3.20. The highest BCUT2D eigenvalue weighted by Gasteiger charge is 2.37. The summed E-state index contributed by atoms with van der Waals surface area (Å²) in [7, 11) is 0. The Morgan fingerprint density at radius 1 is 0.750 bits per heavy atom. The Balaban J connectivity index is 0.000000447. The monoisotopic (exact) mass is 617 g/mol. The minimum absolute atomic E-state index is 0.0852. The highest BCUT2D eigenvalue weighted by molar-refractivity contribution is 6.02. The molecule has 0 bridgehead atoms. The van der Waals surface area contributed by atoms with Gasteiger partial charge in [0.2, 0.25) is 17.7 Å². The Kier molecular flexibility index (Phi) is 17.7. The zero-order valence-electron chi connectivity index (χ0n) is 26.4. The molecule has 244 valence electrons. The lowest BCUT2D eigenvalue weighted by Crippen LogP contribution is -2.37. The zero-order chi connectivity index (χ0) is 33.1. The number of esters is 3. The molecular formula is C32H47N3O9. The maximum absolute atomic E-state index is 11.9. The van der Waals surface area contributed by atoms with E-state index < -0.39 is 23.8 Å². The van der Waals surface area contributed by atoms with E-state index in [1.165, 1.54) is 22.2 Å². The number of ether oxygens (including phenoxy) is 3. The van der Waals surface area contributed by atoms with Gasteiger partial charge in [-0.05, 0) is 78.6 Å². The number of unbranched alkanes of at least 4 members (excludes halogenated alkanes) is 3. The fraction of sp³-hybridized carbons (Fsp3) is 0.562. The molecule has 2 fully saturated rings. The fourth-order valence-electron chi connectivity index (χ4n) is 4.13. The van der Waals surface area contributed by atoms with Gasteiger partial charge in [-0.2, -0.15) is 0 Å². The molecule has 1 N–H and O–H groups in total. The molecule has 12 heteroatoms. The van der Waals surface area contributed by atoms with Gasteiger partial charge in [0, 0.05) is 24.2 Å². The summed E-state index contributed by atoms with van der Waals surface area (Å²) >= 11 is 0. The van der Waals surface area contributed by atoms with Gasteiger partial charge >= 0.3 is 17.9 Å². The average Bonchev–Trinajstić information content (AvgIpc) is 3.60. The van der Waals surface area contributed by atoms with Crippen LogP contribution in [0.5, 0.6) is 0 Å². The summed E-state index contributed by atoms with van der Waals surface area (Å²) < 4.78 is 15.2. The second-order valence-corrected chi connectivity index (χ2v) is 10.2. The third-order valence-corrected chi connectivity index (χ3v) is 7.18. The Morgan fingerprint density at radius 3 is 1.68 bits per heavy atom. The smallest absolute Gasteiger partial charge is 0.333 e. The number of hydrogen-bond donors (Lipinski definition) is 1. The average molecular weight is 618 g/mol. The summed E-state index contributed by atoms with van der Waals surface area (Å²) in [6.07, 6.45) is 10.5. The fourth-order valence-corrected chi connectivity index (χ4v) is 4.13. The van der Waals surface area contributed by atoms with Gasteiger partial charge in [-0.15, -0.1) is 0 Å². The van der Waals surface area contributed by atoms with Crippen molar-refractivity contribution in [2.24, 2.45) is 11.8 Å². The number of amides is 3. The number of carbonyl (C=O) groups is 6. The van der Waals surface area contributed by atoms with Crippen LogP contribution in [0.1, 0.15) is 66.2 Å². The maximum Gasteiger partial charge on any atom is 0.333 e. The van der Waals surface area contributed by atoms with E-state index in [0.717, 1.165) is 25.7 Å². The summed E-state index contributed by atoms with van der Waals surface area (Å²) in [5.74, 6) is -3.28. The summed E-state index contributed by atoms with van der Waals surface area (Å²) in [6.45, 7) is 16.0. The Morgan fingerprint density at radius 2 is 1.20 bits per heavy atom. The standard InChI is InChI=1S/C18H27NO5.C14H20N2O4/c1-4-14(3)17(21)23-12-8-6-7-9-13-24-18(22)15-10-11-19(5-2)16(15)20;1-4-10(3)14(19)20-9-7-15-12(17)11-6-8-16(5-2)13(11)18/h4-5,15H,2,6-13H2,1,3H3;4-5,11H,2,6-9H2,1,3H3,(H,15,17)/b14-4-;10-4-. The van der Waals surface area contributed by atoms with Crippen molar-refractivity contribution >= 4 is 35.6 Å². The zero-order valence-corrected chi connectivity index (χ0v) is 26.4. The van der Waals surface area contributed by atoms with Crippen LogP contribution in [0.15, 0.2) is 48.9 Å². The van der Waals surface area contributed by atoms with Gasteiger partial charge in [0.1, 0.15) is 18.4 Å². The second kappa shape index (κ2) is 20.6. The topological polar surface area (TPSA) is 149 Å². The van der Waals surface area contributed by atoms with E-state index in [1.54, 1.807) is 39.8 Å². The molecule has 0 saturated carbocycles. The van der Waals surface area contributed by atoms with Gasteiger partial charge in [0.05, 0.1) is 19.8 Å². The molecule has 2 aliphatic rings. The lowest BCUT2D eigenvalue weighted by molar-refractivity contribution is -0.152. The maximum atomic E-state index is 11.9. The van der Waals surface area contributed by atoms with Gasteiger partial charge in [-0.3, -0.25) is 19.2 Å². The molecule has 2 unspecified atom stereocenters. The van der Waals surface area contributed by atoms with Crippen molar-refractivity contribution in [3.63, 3.8) is 0 Å². The molecule has 0 radical (unpaired) electrons. The minimum atomic E-state index is -0.683. The van der Waals surface area contributed by atoms with Crippen LogP contribution in [0.25, 0.3) is 0 Å². The van der Waals surface area contributed by atoms with Crippen LogP contribution in [0.3, 0.4) is 0 Å². The number of rotatable bonds is 16. The molecule has 0 aromatic rings. The van der Waals surface area contributed by atoms with Gasteiger partial charge in [-0.1, -0.05) is 25.3 Å². The summed E-state index contributed by atoms with van der Waals surface area (Å²) in [5.41, 5.74) is 1.13. The van der Waals surface area contributed by atoms with E-state index in [9.17, 15) is 28.8 Å². The molecule has 0 aromatic heterocycles. The van der Waals surface area contributed by atoms with Crippen molar-refractivity contribution in [1.82, 2.24) is 15.1 Å². The van der Waals surface area contributed by atoms with Gasteiger partial charge in [0.25, 0.3) is 0 Å². The van der Waals surface area contributed by atoms with E-state index in [2.05, 4.69) is 18.5 Å². The van der Waals surface area contributed by atoms with E-state index in [0.29, 0.717) is 50.3 Å². The molecule has 0 spiro atoms. The van der Waals surface area contributed by atoms with Crippen molar-refractivity contribution in [2.45, 2.75) is 66.2 Å². The van der Waals surface area contributed by atoms with Crippen molar-refractivity contribution in [1.29, 1.82) is 0 Å². The highest BCUT2D eigenvalue weighted by atomic mass is 16.5. The lowest BCUT2D eigenvalue weighted by Gasteiger charge is -2.11. The van der Waals surface area contributed by atoms with Crippen LogP contribution in [0.2, 0.25) is 0 Å². The first kappa shape index (κ1) is 37.8. The third kappa shape index (κ3) is 12.6. The Labute approximate surface area is 260 Å². The molecule has 44 heavy (non-hydrogen) atoms. The number of hydrogen-bond acceptors (Lipinski definition) is 9. The number of likely N-dealkylation sites (tertiary alicyclic amines) is 2. The summed E-state index contributed by atoms with van der Waals surface area (Å²) in [5, 5.41) is 2.59. The Bertz CT molecular complexity index is 1110. The van der Waals surface area contributed by atoms with E-state index in [4.69, 9.17) is 14.2 Å². The van der Waals surface area contributed by atoms with Crippen molar-refractivity contribution < 1.29 is 43.0 Å². The molecule has 2 heterocycles. The predicted molar refractivity (Wildman–Crippen MR) is 163 cm³/mol. The first-order valence-electron chi connectivity index (χ1n) is 14.9.